The minimum Gasteiger partial charge on any atom is -0.340 e. The lowest BCUT2D eigenvalue weighted by Crippen LogP contribution is -2.45. The third kappa shape index (κ3) is 5.16. The van der Waals surface area contributed by atoms with Crippen LogP contribution in [0.15, 0.2) is 61.1 Å². The molecule has 1 unspecified atom stereocenters. The summed E-state index contributed by atoms with van der Waals surface area (Å²) in [5.74, 6) is 1.69. The van der Waals surface area contributed by atoms with Gasteiger partial charge in [-0.25, -0.2) is 9.97 Å². The zero-order valence-corrected chi connectivity index (χ0v) is 23.3. The molecule has 1 atom stereocenters. The highest BCUT2D eigenvalue weighted by Gasteiger charge is 2.26. The molecule has 1 fully saturated rings. The minimum absolute atomic E-state index is 0.765. The summed E-state index contributed by atoms with van der Waals surface area (Å²) in [6.07, 6.45) is 8.51. The second kappa shape index (κ2) is 10.7. The Morgan fingerprint density at radius 2 is 1.90 bits per heavy atom. The molecule has 200 valence electrons. The van der Waals surface area contributed by atoms with Crippen molar-refractivity contribution >= 4 is 44.0 Å². The van der Waals surface area contributed by atoms with Gasteiger partial charge in [0, 0.05) is 42.1 Å². The maximum Gasteiger partial charge on any atom is 0.142 e. The lowest BCUT2D eigenvalue weighted by Gasteiger charge is -2.33. The standard InChI is InChI=1S/C31H35N7S/c1-36-13-15-37(16-14-36)12-11-22-7-9-26-28(17-22)39-31-29(26)30(32-21-33-31)35-25-8-10-27-24(18-25)19-34-38(27)20-23-5-3-2-4-6-23/h2-6,8,10,18-19,21-22H,7,9,11-17,20H2,1H3,(H,32,33,35). The molecule has 1 saturated heterocycles. The predicted octanol–water partition coefficient (Wildman–Crippen LogP) is 5.58. The molecule has 1 N–H and O–H groups in total. The van der Waals surface area contributed by atoms with E-state index >= 15 is 0 Å². The van der Waals surface area contributed by atoms with Crippen LogP contribution in [0.1, 0.15) is 28.8 Å². The number of rotatable bonds is 7. The molecule has 0 spiro atoms. The largest absolute Gasteiger partial charge is 0.340 e. The molecule has 2 aromatic carbocycles. The van der Waals surface area contributed by atoms with Crippen LogP contribution in [0.2, 0.25) is 0 Å². The van der Waals surface area contributed by atoms with Gasteiger partial charge < -0.3 is 15.1 Å². The number of hydrogen-bond acceptors (Lipinski definition) is 7. The van der Waals surface area contributed by atoms with Crippen LogP contribution in [0, 0.1) is 5.92 Å². The van der Waals surface area contributed by atoms with Crippen LogP contribution in [0.5, 0.6) is 0 Å². The van der Waals surface area contributed by atoms with Gasteiger partial charge in [0.15, 0.2) is 0 Å². The molecule has 0 radical (unpaired) electrons. The molecular formula is C31H35N7S. The smallest absolute Gasteiger partial charge is 0.142 e. The number of aryl methyl sites for hydroxylation is 1. The van der Waals surface area contributed by atoms with Gasteiger partial charge in [0.2, 0.25) is 0 Å². The maximum absolute atomic E-state index is 4.70. The zero-order chi connectivity index (χ0) is 26.2. The Morgan fingerprint density at radius 3 is 2.77 bits per heavy atom. The van der Waals surface area contributed by atoms with Crippen molar-refractivity contribution in [3.05, 3.63) is 77.1 Å². The second-order valence-corrected chi connectivity index (χ2v) is 12.2. The number of anilines is 2. The van der Waals surface area contributed by atoms with Crippen LogP contribution in [-0.2, 0) is 19.4 Å². The highest BCUT2D eigenvalue weighted by Crippen LogP contribution is 2.41. The molecule has 2 aliphatic rings. The van der Waals surface area contributed by atoms with Crippen molar-refractivity contribution in [1.29, 1.82) is 0 Å². The molecule has 1 aliphatic heterocycles. The molecule has 39 heavy (non-hydrogen) atoms. The van der Waals surface area contributed by atoms with Crippen molar-refractivity contribution in [2.24, 2.45) is 5.92 Å². The van der Waals surface area contributed by atoms with E-state index in [9.17, 15) is 0 Å². The van der Waals surface area contributed by atoms with Crippen molar-refractivity contribution in [2.45, 2.75) is 32.2 Å². The zero-order valence-electron chi connectivity index (χ0n) is 22.5. The summed E-state index contributed by atoms with van der Waals surface area (Å²) in [7, 11) is 2.23. The number of likely N-dealkylation sites (N-methyl/N-ethyl adjacent to an activating group) is 1. The van der Waals surface area contributed by atoms with E-state index in [0.29, 0.717) is 0 Å². The van der Waals surface area contributed by atoms with Crippen molar-refractivity contribution in [3.8, 4) is 0 Å². The van der Waals surface area contributed by atoms with E-state index in [1.807, 2.05) is 23.6 Å². The fraction of sp³-hybridized carbons (Fsp3) is 0.387. The van der Waals surface area contributed by atoms with E-state index < -0.39 is 0 Å². The van der Waals surface area contributed by atoms with Gasteiger partial charge in [0.05, 0.1) is 23.6 Å². The maximum atomic E-state index is 4.70. The van der Waals surface area contributed by atoms with Gasteiger partial charge in [-0.05, 0) is 74.5 Å². The normalized spacial score (nSPS) is 18.5. The summed E-state index contributed by atoms with van der Waals surface area (Å²) in [6, 6.07) is 16.9. The van der Waals surface area contributed by atoms with Crippen LogP contribution < -0.4 is 5.32 Å². The van der Waals surface area contributed by atoms with Gasteiger partial charge in [0.25, 0.3) is 0 Å². The van der Waals surface area contributed by atoms with Gasteiger partial charge in [0.1, 0.15) is 17.0 Å². The van der Waals surface area contributed by atoms with Crippen molar-refractivity contribution in [1.82, 2.24) is 29.5 Å². The summed E-state index contributed by atoms with van der Waals surface area (Å²) < 4.78 is 2.06. The molecule has 5 aromatic rings. The van der Waals surface area contributed by atoms with Gasteiger partial charge >= 0.3 is 0 Å². The van der Waals surface area contributed by atoms with Gasteiger partial charge in [-0.3, -0.25) is 4.68 Å². The molecule has 8 heteroatoms. The quantitative estimate of drug-likeness (QED) is 0.293. The van der Waals surface area contributed by atoms with Gasteiger partial charge in [-0.15, -0.1) is 11.3 Å². The molecule has 0 saturated carbocycles. The number of fused-ring (bicyclic) bond motifs is 4. The van der Waals surface area contributed by atoms with Crippen molar-refractivity contribution in [2.75, 3.05) is 45.1 Å². The monoisotopic (exact) mass is 537 g/mol. The summed E-state index contributed by atoms with van der Waals surface area (Å²) in [5.41, 5.74) is 4.87. The van der Waals surface area contributed by atoms with Crippen LogP contribution in [0.25, 0.3) is 21.1 Å². The Balaban J connectivity index is 1.07. The lowest BCUT2D eigenvalue weighted by atomic mass is 9.85. The molecular weight excluding hydrogens is 502 g/mol. The third-order valence-corrected chi connectivity index (χ3v) is 9.64. The fourth-order valence-corrected chi connectivity index (χ4v) is 7.44. The molecule has 1 aliphatic carbocycles. The predicted molar refractivity (Wildman–Crippen MR) is 160 cm³/mol. The Bertz CT molecular complexity index is 1580. The Hall–Kier alpha value is -3.33. The fourth-order valence-electron chi connectivity index (χ4n) is 6.14. The van der Waals surface area contributed by atoms with Gasteiger partial charge in [-0.1, -0.05) is 30.3 Å². The van der Waals surface area contributed by atoms with E-state index in [2.05, 4.69) is 79.4 Å². The van der Waals surface area contributed by atoms with E-state index in [1.54, 1.807) is 6.33 Å². The first-order chi connectivity index (χ1) is 19.2. The van der Waals surface area contributed by atoms with E-state index in [0.717, 1.165) is 46.1 Å². The Labute approximate surface area is 233 Å². The number of piperazine rings is 1. The first-order valence-electron chi connectivity index (χ1n) is 14.1. The van der Waals surface area contributed by atoms with Crippen LogP contribution in [0.3, 0.4) is 0 Å². The third-order valence-electron chi connectivity index (χ3n) is 8.48. The molecule has 0 amide bonds. The number of nitrogens with zero attached hydrogens (tertiary/aromatic N) is 6. The SMILES string of the molecule is CN1CCN(CCC2CCc3c(sc4ncnc(Nc5ccc6c(cnn6Cc6ccccc6)c5)c34)C2)CC1. The summed E-state index contributed by atoms with van der Waals surface area (Å²) in [5, 5.41) is 10.6. The number of nitrogens with one attached hydrogen (secondary N) is 1. The highest BCUT2D eigenvalue weighted by molar-refractivity contribution is 7.19. The molecule has 0 bridgehead atoms. The second-order valence-electron chi connectivity index (χ2n) is 11.1. The van der Waals surface area contributed by atoms with Crippen LogP contribution in [-0.4, -0.2) is 69.3 Å². The summed E-state index contributed by atoms with van der Waals surface area (Å²) >= 11 is 1.87. The first kappa shape index (κ1) is 24.7. The molecule has 3 aromatic heterocycles. The first-order valence-corrected chi connectivity index (χ1v) is 14.9. The van der Waals surface area contributed by atoms with Gasteiger partial charge in [-0.2, -0.15) is 5.10 Å². The number of thiophene rings is 1. The Morgan fingerprint density at radius 1 is 1.03 bits per heavy atom. The molecule has 4 heterocycles. The number of hydrogen-bond donors (Lipinski definition) is 1. The number of benzene rings is 2. The summed E-state index contributed by atoms with van der Waals surface area (Å²) in [4.78, 5) is 17.1. The highest BCUT2D eigenvalue weighted by atomic mass is 32.1. The molecule has 7 rings (SSSR count). The van der Waals surface area contributed by atoms with E-state index in [4.69, 9.17) is 4.98 Å². The average Bonchev–Trinajstić information content (AvgIpc) is 3.54. The molecule has 7 nitrogen and oxygen atoms in total. The average molecular weight is 538 g/mol. The van der Waals surface area contributed by atoms with Crippen LogP contribution in [0.4, 0.5) is 11.5 Å². The number of aromatic nitrogens is 4. The topological polar surface area (TPSA) is 62.1 Å². The van der Waals surface area contributed by atoms with Crippen molar-refractivity contribution in [3.63, 3.8) is 0 Å². The van der Waals surface area contributed by atoms with E-state index in [-0.39, 0.29) is 0 Å². The summed E-state index contributed by atoms with van der Waals surface area (Å²) in [6.45, 7) is 6.81. The lowest BCUT2D eigenvalue weighted by molar-refractivity contribution is 0.145. The van der Waals surface area contributed by atoms with Crippen LogP contribution >= 0.6 is 11.3 Å². The Kier molecular flexibility index (Phi) is 6.76. The van der Waals surface area contributed by atoms with E-state index in [1.165, 1.54) is 73.4 Å². The minimum atomic E-state index is 0.765. The van der Waals surface area contributed by atoms with Crippen molar-refractivity contribution < 1.29 is 0 Å².